The van der Waals surface area contributed by atoms with Crippen molar-refractivity contribution in [2.45, 2.75) is 213 Å². The van der Waals surface area contributed by atoms with Crippen molar-refractivity contribution in [3.05, 3.63) is 135 Å². The summed E-state index contributed by atoms with van der Waals surface area (Å²) in [4.78, 5) is 2.28. The lowest BCUT2D eigenvalue weighted by molar-refractivity contribution is 0.00578. The Hall–Kier alpha value is -3.17. The van der Waals surface area contributed by atoms with Crippen LogP contribution in [0.3, 0.4) is 0 Å². The molecule has 0 amide bonds. The van der Waals surface area contributed by atoms with Crippen molar-refractivity contribution in [3.8, 4) is 11.1 Å². The van der Waals surface area contributed by atoms with E-state index < -0.39 is 0 Å². The van der Waals surface area contributed by atoms with Crippen LogP contribution in [0.5, 0.6) is 0 Å². The van der Waals surface area contributed by atoms with Crippen LogP contribution in [0.25, 0.3) is 11.1 Å². The van der Waals surface area contributed by atoms with E-state index in [4.69, 9.17) is 18.6 Å². The van der Waals surface area contributed by atoms with Crippen molar-refractivity contribution >= 4 is 74.1 Å². The lowest BCUT2D eigenvalue weighted by atomic mass is 9.67. The number of hydrogen-bond acceptors (Lipinski definition) is 5. The first-order valence-corrected chi connectivity index (χ1v) is 29.3. The van der Waals surface area contributed by atoms with Gasteiger partial charge in [-0.05, 0) is 180 Å². The third-order valence-corrected chi connectivity index (χ3v) is 17.9. The van der Waals surface area contributed by atoms with Gasteiger partial charge in [-0.2, -0.15) is 0 Å². The molecule has 5 nitrogen and oxygen atoms in total. The zero-order chi connectivity index (χ0) is 51.9. The van der Waals surface area contributed by atoms with E-state index in [-0.39, 0.29) is 42.1 Å². The number of unbranched alkanes of at least 4 members (excludes halogenated alkanes) is 10. The molecule has 0 aromatic heterocycles. The summed E-state index contributed by atoms with van der Waals surface area (Å²) in [7, 11) is -0.731. The van der Waals surface area contributed by atoms with Gasteiger partial charge in [0.2, 0.25) is 0 Å². The predicted molar refractivity (Wildman–Crippen MR) is 315 cm³/mol. The molecule has 1 atom stereocenters. The number of halogens is 2. The van der Waals surface area contributed by atoms with Gasteiger partial charge in [0.05, 0.1) is 22.4 Å². The molecule has 0 bridgehead atoms. The van der Waals surface area contributed by atoms with E-state index in [1.54, 1.807) is 0 Å². The molecule has 2 fully saturated rings. The minimum atomic E-state index is -0.370. The normalized spacial score (nSPS) is 18.1. The molecule has 0 N–H and O–H groups in total. The largest absolute Gasteiger partial charge is 0.494 e. The molecule has 2 heterocycles. The molecule has 0 spiro atoms. The molecule has 1 aliphatic carbocycles. The summed E-state index contributed by atoms with van der Waals surface area (Å²) in [5, 5.41) is 0. The van der Waals surface area contributed by atoms with Crippen LogP contribution in [0, 0.1) is 0 Å². The number of hydrogen-bond donors (Lipinski definition) is 0. The van der Waals surface area contributed by atoms with Crippen molar-refractivity contribution < 1.29 is 18.6 Å². The van der Waals surface area contributed by atoms with E-state index in [0.717, 1.165) is 56.2 Å². The van der Waals surface area contributed by atoms with Gasteiger partial charge in [-0.25, -0.2) is 0 Å². The van der Waals surface area contributed by atoms with Crippen LogP contribution in [0.2, 0.25) is 0 Å². The van der Waals surface area contributed by atoms with Crippen molar-refractivity contribution in [3.63, 3.8) is 0 Å². The van der Waals surface area contributed by atoms with Crippen molar-refractivity contribution in [2.24, 2.45) is 0 Å². The average molecular weight is 1100 g/mol. The zero-order valence-electron chi connectivity index (χ0n) is 46.1. The lowest BCUT2D eigenvalue weighted by Gasteiger charge is -2.33. The number of benzene rings is 5. The van der Waals surface area contributed by atoms with Gasteiger partial charge >= 0.3 is 14.2 Å². The quantitative estimate of drug-likeness (QED) is 0.0541. The van der Waals surface area contributed by atoms with Gasteiger partial charge in [0, 0.05) is 31.4 Å². The molecule has 8 rings (SSSR count). The Kier molecular flexibility index (Phi) is 19.0. The summed E-state index contributed by atoms with van der Waals surface area (Å²) in [6.07, 6.45) is 19.1. The molecule has 3 aliphatic rings. The van der Waals surface area contributed by atoms with Crippen molar-refractivity contribution in [1.29, 1.82) is 0 Å². The Morgan fingerprint density at radius 2 is 0.778 bits per heavy atom. The zero-order valence-corrected chi connectivity index (χ0v) is 49.2. The monoisotopic (exact) mass is 1100 g/mol. The molecule has 0 saturated carbocycles. The van der Waals surface area contributed by atoms with E-state index in [2.05, 4.69) is 229 Å². The van der Waals surface area contributed by atoms with Gasteiger partial charge in [-0.1, -0.05) is 185 Å². The van der Waals surface area contributed by atoms with E-state index >= 15 is 0 Å². The second kappa shape index (κ2) is 24.2. The van der Waals surface area contributed by atoms with E-state index in [9.17, 15) is 0 Å². The highest BCUT2D eigenvalue weighted by Crippen LogP contribution is 2.54. The molecule has 72 heavy (non-hydrogen) atoms. The van der Waals surface area contributed by atoms with Crippen LogP contribution in [0.15, 0.2) is 118 Å². The average Bonchev–Trinajstić information content (AvgIpc) is 3.85. The molecule has 5 aromatic carbocycles. The van der Waals surface area contributed by atoms with Crippen LogP contribution >= 0.6 is 31.9 Å². The number of fused-ring (bicyclic) bond motifs is 3. The predicted octanol–water partition coefficient (Wildman–Crippen LogP) is 18.2. The van der Waals surface area contributed by atoms with Crippen molar-refractivity contribution in [1.82, 2.24) is 0 Å². The summed E-state index contributed by atoms with van der Waals surface area (Å²) in [6, 6.07) is 39.9. The molecule has 1 unspecified atom stereocenters. The number of nitrogens with zero attached hydrogens (tertiary/aromatic N) is 1. The summed E-state index contributed by atoms with van der Waals surface area (Å²) >= 11 is 7.05. The molecule has 0 radical (unpaired) electrons. The Morgan fingerprint density at radius 1 is 0.444 bits per heavy atom. The van der Waals surface area contributed by atoms with Crippen LogP contribution in [-0.2, 0) is 24.0 Å². The highest BCUT2D eigenvalue weighted by atomic mass is 79.9. The number of anilines is 3. The maximum Gasteiger partial charge on any atom is 0.494 e. The van der Waals surface area contributed by atoms with Crippen LogP contribution in [-0.4, -0.2) is 36.6 Å². The minimum Gasteiger partial charge on any atom is -0.399 e. The van der Waals surface area contributed by atoms with Gasteiger partial charge in [-0.3, -0.25) is 0 Å². The third kappa shape index (κ3) is 12.7. The second-order valence-electron chi connectivity index (χ2n) is 23.1. The molecule has 9 heteroatoms. The van der Waals surface area contributed by atoms with E-state index in [0.29, 0.717) is 5.92 Å². The van der Waals surface area contributed by atoms with Gasteiger partial charge < -0.3 is 23.5 Å². The maximum absolute atomic E-state index is 6.60. The SMILES string of the molecule is CCC(C)c1ccc(N(c2ccc(Br)cc2)c2ccc(Br)cc2)cc1.CCCCCCCCC1(CCCCCCCC)c2cc(B3OC(C)(C)C(C)(C)O3)ccc2-c2ccc(B3OC(C)(C)C(C)(C)O3)cc21. The number of rotatable bonds is 21. The van der Waals surface area contributed by atoms with E-state index in [1.807, 2.05) is 0 Å². The Morgan fingerprint density at radius 3 is 1.12 bits per heavy atom. The molecule has 5 aromatic rings. The van der Waals surface area contributed by atoms with Crippen LogP contribution < -0.4 is 15.8 Å². The molecule has 386 valence electrons. The third-order valence-electron chi connectivity index (χ3n) is 16.9. The molecule has 2 saturated heterocycles. The Labute approximate surface area is 453 Å². The first-order valence-electron chi connectivity index (χ1n) is 27.7. The second-order valence-corrected chi connectivity index (χ2v) is 24.9. The summed E-state index contributed by atoms with van der Waals surface area (Å²) in [5.74, 6) is 0.586. The van der Waals surface area contributed by atoms with Crippen LogP contribution in [0.4, 0.5) is 17.1 Å². The molecular weight excluding hydrogens is 1020 g/mol. The first kappa shape index (κ1) is 56.6. The smallest absolute Gasteiger partial charge is 0.399 e. The van der Waals surface area contributed by atoms with Crippen LogP contribution in [0.1, 0.15) is 202 Å². The van der Waals surface area contributed by atoms with Gasteiger partial charge in [0.15, 0.2) is 0 Å². The highest BCUT2D eigenvalue weighted by Gasteiger charge is 2.54. The summed E-state index contributed by atoms with van der Waals surface area (Å²) in [5.41, 5.74) is 11.2. The van der Waals surface area contributed by atoms with Gasteiger partial charge in [-0.15, -0.1) is 0 Å². The van der Waals surface area contributed by atoms with Gasteiger partial charge in [0.25, 0.3) is 0 Å². The highest BCUT2D eigenvalue weighted by molar-refractivity contribution is 9.10. The first-order chi connectivity index (χ1) is 34.3. The van der Waals surface area contributed by atoms with E-state index in [1.165, 1.54) is 105 Å². The topological polar surface area (TPSA) is 40.2 Å². The molecular formula is C63H85B2Br2NO4. The molecule has 2 aliphatic heterocycles. The lowest BCUT2D eigenvalue weighted by Crippen LogP contribution is -2.41. The fraction of sp³-hybridized carbons (Fsp3) is 0.524. The minimum absolute atomic E-state index is 0.0561. The standard InChI is InChI=1S/C41H64B2O4.C22H21Br2N/c1-11-13-15-17-19-21-27-41(28-22-20-18-16-14-12-2)35-29-31(42-44-37(3,4)38(5,6)45-42)23-25-33(35)34-26-24-32(30-36(34)41)43-46-39(7,8)40(9,10)47-43;1-3-16(2)17-4-10-20(11-5-17)25(21-12-6-18(23)7-13-21)22-14-8-19(24)9-15-22/h23-26,29-30H,11-22,27-28H2,1-10H3;4-16H,3H2,1-2H3. The maximum atomic E-state index is 6.60. The fourth-order valence-corrected chi connectivity index (χ4v) is 11.2. The summed E-state index contributed by atoms with van der Waals surface area (Å²) < 4.78 is 28.6. The van der Waals surface area contributed by atoms with Gasteiger partial charge in [0.1, 0.15) is 0 Å². The Bertz CT molecular complexity index is 2340. The van der Waals surface area contributed by atoms with Crippen molar-refractivity contribution in [2.75, 3.05) is 4.90 Å². The Balaban J connectivity index is 0.000000255. The fourth-order valence-electron chi connectivity index (χ4n) is 10.7. The summed E-state index contributed by atoms with van der Waals surface area (Å²) in [6.45, 7) is 26.3.